The van der Waals surface area contributed by atoms with Crippen LogP contribution in [0.25, 0.3) is 0 Å². The Kier molecular flexibility index (Phi) is 5.55. The number of nitro benzene ring substituents is 1. The number of hydrogen-bond acceptors (Lipinski definition) is 8. The lowest BCUT2D eigenvalue weighted by Crippen LogP contribution is -2.18. The molecule has 1 amide bonds. The van der Waals surface area contributed by atoms with Crippen LogP contribution in [0.5, 0.6) is 0 Å². The first kappa shape index (κ1) is 18.2. The molecule has 0 radical (unpaired) electrons. The molecule has 0 spiro atoms. The average molecular weight is 363 g/mol. The van der Waals surface area contributed by atoms with Crippen molar-refractivity contribution in [2.75, 3.05) is 11.9 Å². The van der Waals surface area contributed by atoms with E-state index in [0.717, 1.165) is 11.3 Å². The summed E-state index contributed by atoms with van der Waals surface area (Å²) in [5.41, 5.74) is 0.0338. The van der Waals surface area contributed by atoms with Crippen molar-refractivity contribution in [1.29, 1.82) is 0 Å². The lowest BCUT2D eigenvalue weighted by molar-refractivity contribution is -0.385. The molecule has 0 fully saturated rings. The maximum absolute atomic E-state index is 12.3. The van der Waals surface area contributed by atoms with Crippen molar-refractivity contribution in [3.63, 3.8) is 0 Å². The number of rotatable bonds is 6. The number of thiazole rings is 1. The number of nitrogens with zero attached hydrogens (tertiary/aromatic N) is 2. The fourth-order valence-electron chi connectivity index (χ4n) is 1.89. The predicted molar refractivity (Wildman–Crippen MR) is 88.9 cm³/mol. The molecule has 0 aliphatic carbocycles. The number of aromatic nitrogens is 1. The highest BCUT2D eigenvalue weighted by Crippen LogP contribution is 2.23. The van der Waals surface area contributed by atoms with Crippen molar-refractivity contribution in [3.05, 3.63) is 50.5 Å². The van der Waals surface area contributed by atoms with Gasteiger partial charge in [0, 0.05) is 11.4 Å². The summed E-state index contributed by atoms with van der Waals surface area (Å²) in [4.78, 5) is 49.6. The SMILES string of the molecule is CCOC(=O)C(=O)c1csc(NC(=O)c2cc(C)ccc2[N+](=O)[O-])n1. The van der Waals surface area contributed by atoms with Crippen LogP contribution >= 0.6 is 11.3 Å². The minimum atomic E-state index is -1.04. The fraction of sp³-hybridized carbons (Fsp3) is 0.200. The second-order valence-corrected chi connectivity index (χ2v) is 5.68. The lowest BCUT2D eigenvalue weighted by Gasteiger charge is -2.04. The summed E-state index contributed by atoms with van der Waals surface area (Å²) >= 11 is 0.913. The van der Waals surface area contributed by atoms with Gasteiger partial charge in [0.2, 0.25) is 0 Å². The van der Waals surface area contributed by atoms with Gasteiger partial charge in [-0.1, -0.05) is 6.07 Å². The first-order valence-electron chi connectivity index (χ1n) is 7.06. The summed E-state index contributed by atoms with van der Waals surface area (Å²) in [5.74, 6) is -2.71. The van der Waals surface area contributed by atoms with Gasteiger partial charge in [-0.15, -0.1) is 11.3 Å². The van der Waals surface area contributed by atoms with E-state index in [2.05, 4.69) is 15.0 Å². The highest BCUT2D eigenvalue weighted by Gasteiger charge is 2.23. The first-order chi connectivity index (χ1) is 11.8. The van der Waals surface area contributed by atoms with Gasteiger partial charge in [-0.05, 0) is 25.5 Å². The summed E-state index contributed by atoms with van der Waals surface area (Å²) < 4.78 is 4.59. The highest BCUT2D eigenvalue weighted by molar-refractivity contribution is 7.14. The molecule has 1 aromatic carbocycles. The van der Waals surface area contributed by atoms with Gasteiger partial charge in [0.05, 0.1) is 11.5 Å². The summed E-state index contributed by atoms with van der Waals surface area (Å²) in [6, 6.07) is 4.14. The van der Waals surface area contributed by atoms with Crippen LogP contribution in [0.15, 0.2) is 23.6 Å². The van der Waals surface area contributed by atoms with Crippen LogP contribution in [0.3, 0.4) is 0 Å². The van der Waals surface area contributed by atoms with E-state index in [9.17, 15) is 24.5 Å². The highest BCUT2D eigenvalue weighted by atomic mass is 32.1. The second-order valence-electron chi connectivity index (χ2n) is 4.82. The van der Waals surface area contributed by atoms with E-state index >= 15 is 0 Å². The number of aryl methyl sites for hydroxylation is 1. The number of nitrogens with one attached hydrogen (secondary N) is 1. The zero-order valence-corrected chi connectivity index (χ0v) is 14.1. The summed E-state index contributed by atoms with van der Waals surface area (Å²) in [6.07, 6.45) is 0. The lowest BCUT2D eigenvalue weighted by atomic mass is 10.1. The van der Waals surface area contributed by atoms with Crippen LogP contribution in [0, 0.1) is 17.0 Å². The number of esters is 1. The van der Waals surface area contributed by atoms with Crippen LogP contribution < -0.4 is 5.32 Å². The molecule has 2 aromatic rings. The maximum atomic E-state index is 12.3. The number of ketones is 1. The quantitative estimate of drug-likeness (QED) is 0.274. The molecule has 130 valence electrons. The second kappa shape index (κ2) is 7.62. The van der Waals surface area contributed by atoms with E-state index in [-0.39, 0.29) is 28.7 Å². The largest absolute Gasteiger partial charge is 0.460 e. The van der Waals surface area contributed by atoms with Crippen molar-refractivity contribution in [1.82, 2.24) is 4.98 Å². The molecule has 9 nitrogen and oxygen atoms in total. The van der Waals surface area contributed by atoms with Gasteiger partial charge in [0.25, 0.3) is 17.4 Å². The molecular formula is C15H13N3O6S. The minimum absolute atomic E-state index is 0.0356. The van der Waals surface area contributed by atoms with Crippen molar-refractivity contribution in [2.24, 2.45) is 0 Å². The van der Waals surface area contributed by atoms with Crippen molar-refractivity contribution in [3.8, 4) is 0 Å². The van der Waals surface area contributed by atoms with E-state index in [1.165, 1.54) is 23.6 Å². The first-order valence-corrected chi connectivity index (χ1v) is 7.94. The van der Waals surface area contributed by atoms with E-state index in [1.54, 1.807) is 13.8 Å². The number of benzene rings is 1. The van der Waals surface area contributed by atoms with Gasteiger partial charge in [0.15, 0.2) is 5.13 Å². The minimum Gasteiger partial charge on any atom is -0.460 e. The van der Waals surface area contributed by atoms with Gasteiger partial charge in [-0.3, -0.25) is 25.0 Å². The Labute approximate surface area is 145 Å². The summed E-state index contributed by atoms with van der Waals surface area (Å²) in [7, 11) is 0. The van der Waals surface area contributed by atoms with Crippen molar-refractivity contribution in [2.45, 2.75) is 13.8 Å². The number of carbonyl (C=O) groups is 3. The van der Waals surface area contributed by atoms with Crippen molar-refractivity contribution < 1.29 is 24.0 Å². The molecule has 1 aromatic heterocycles. The number of Topliss-reactive ketones (excluding diaryl/α,β-unsaturated/α-hetero) is 1. The molecular weight excluding hydrogens is 350 g/mol. The van der Waals surface area contributed by atoms with Crippen LogP contribution in [0.1, 0.15) is 33.3 Å². The zero-order valence-electron chi connectivity index (χ0n) is 13.3. The monoisotopic (exact) mass is 363 g/mol. The zero-order chi connectivity index (χ0) is 18.6. The maximum Gasteiger partial charge on any atom is 0.381 e. The number of amides is 1. The van der Waals surface area contributed by atoms with Gasteiger partial charge in [0.1, 0.15) is 11.3 Å². The predicted octanol–water partition coefficient (Wildman–Crippen LogP) is 2.36. The molecule has 0 bridgehead atoms. The topological polar surface area (TPSA) is 128 Å². The van der Waals surface area contributed by atoms with Gasteiger partial charge in [-0.25, -0.2) is 9.78 Å². The Balaban J connectivity index is 2.20. The Morgan fingerprint density at radius 1 is 1.36 bits per heavy atom. The van der Waals surface area contributed by atoms with Crippen LogP contribution in [-0.4, -0.2) is 34.2 Å². The van der Waals surface area contributed by atoms with Crippen LogP contribution in [0.4, 0.5) is 10.8 Å². The molecule has 1 heterocycles. The van der Waals surface area contributed by atoms with E-state index in [0.29, 0.717) is 5.56 Å². The Morgan fingerprint density at radius 3 is 2.72 bits per heavy atom. The van der Waals surface area contributed by atoms with Crippen molar-refractivity contribution >= 4 is 39.8 Å². The third kappa shape index (κ3) is 4.23. The van der Waals surface area contributed by atoms with E-state index < -0.39 is 22.6 Å². The van der Waals surface area contributed by atoms with Crippen LogP contribution in [-0.2, 0) is 9.53 Å². The molecule has 10 heteroatoms. The number of nitro groups is 1. The van der Waals surface area contributed by atoms with E-state index in [4.69, 9.17) is 0 Å². The van der Waals surface area contributed by atoms with Gasteiger partial charge < -0.3 is 4.74 Å². The molecule has 0 saturated carbocycles. The smallest absolute Gasteiger partial charge is 0.381 e. The number of carbonyl (C=O) groups excluding carboxylic acids is 3. The molecule has 0 aliphatic rings. The number of hydrogen-bond donors (Lipinski definition) is 1. The number of anilines is 1. The Bertz CT molecular complexity index is 861. The molecule has 2 rings (SSSR count). The third-order valence-electron chi connectivity index (χ3n) is 3.01. The average Bonchev–Trinajstić information content (AvgIpc) is 3.02. The molecule has 0 atom stereocenters. The Morgan fingerprint density at radius 2 is 2.08 bits per heavy atom. The molecule has 0 saturated heterocycles. The van der Waals surface area contributed by atoms with Crippen LogP contribution in [0.2, 0.25) is 0 Å². The fourth-order valence-corrected chi connectivity index (χ4v) is 2.58. The molecule has 25 heavy (non-hydrogen) atoms. The third-order valence-corrected chi connectivity index (χ3v) is 3.77. The Hall–Kier alpha value is -3.14. The normalized spacial score (nSPS) is 10.2. The van der Waals surface area contributed by atoms with Gasteiger partial charge in [-0.2, -0.15) is 0 Å². The molecule has 1 N–H and O–H groups in total. The standard InChI is InChI=1S/C15H13N3O6S/c1-3-24-14(21)12(19)10-7-25-15(16-10)17-13(20)9-6-8(2)4-5-11(9)18(22)23/h4-7H,3H2,1-2H3,(H,16,17,20). The van der Waals surface area contributed by atoms with E-state index in [1.807, 2.05) is 0 Å². The molecule has 0 aliphatic heterocycles. The molecule has 0 unspecified atom stereocenters. The number of ether oxygens (including phenoxy) is 1. The van der Waals surface area contributed by atoms with Gasteiger partial charge >= 0.3 is 5.97 Å². The summed E-state index contributed by atoms with van der Waals surface area (Å²) in [6.45, 7) is 3.31. The summed E-state index contributed by atoms with van der Waals surface area (Å²) in [5, 5.41) is 14.7.